The van der Waals surface area contributed by atoms with E-state index >= 15 is 0 Å². The highest BCUT2D eigenvalue weighted by molar-refractivity contribution is 14.1. The van der Waals surface area contributed by atoms with Crippen molar-refractivity contribution in [3.63, 3.8) is 0 Å². The average molecular weight is 503 g/mol. The molecule has 0 aliphatic heterocycles. The van der Waals surface area contributed by atoms with Crippen molar-refractivity contribution in [2.24, 2.45) is 0 Å². The van der Waals surface area contributed by atoms with E-state index in [0.717, 1.165) is 29.8 Å². The minimum Gasteiger partial charge on any atom is -0.220 e. The number of terminal acetylenes is 1. The molecule has 0 spiro atoms. The quantitative estimate of drug-likeness (QED) is 0.299. The van der Waals surface area contributed by atoms with Gasteiger partial charge < -0.3 is 0 Å². The van der Waals surface area contributed by atoms with Gasteiger partial charge in [0.15, 0.2) is 0 Å². The Morgan fingerprint density at radius 1 is 0.867 bits per heavy atom. The highest BCUT2D eigenvalue weighted by atomic mass is 127. The lowest BCUT2D eigenvalue weighted by Gasteiger charge is -1.97. The summed E-state index contributed by atoms with van der Waals surface area (Å²) >= 11 is 2.28. The van der Waals surface area contributed by atoms with Crippen molar-refractivity contribution in [3.8, 4) is 18.0 Å². The van der Waals surface area contributed by atoms with E-state index in [-0.39, 0.29) is 0 Å². The fraction of sp³-hybridized carbons (Fsp3) is 0.0769. The predicted molar refractivity (Wildman–Crippen MR) is 133 cm³/mol. The van der Waals surface area contributed by atoms with Crippen LogP contribution in [0.1, 0.15) is 18.5 Å². The molecule has 2 aliphatic carbocycles. The Bertz CT molecular complexity index is 1100. The average Bonchev–Trinajstić information content (AvgIpc) is 3.58. The third kappa shape index (κ3) is 6.71. The number of nitrogens with zero attached hydrogens (tertiary/aromatic N) is 3. The molecule has 0 saturated carbocycles. The third-order valence-corrected chi connectivity index (χ3v) is 5.02. The lowest BCUT2D eigenvalue weighted by Crippen LogP contribution is -1.93. The summed E-state index contributed by atoms with van der Waals surface area (Å²) in [5, 5.41) is 8.31. The molecule has 2 aromatic carbocycles. The van der Waals surface area contributed by atoms with Crippen LogP contribution in [0.15, 0.2) is 109 Å². The maximum Gasteiger partial charge on any atom is 0.109 e. The van der Waals surface area contributed by atoms with Gasteiger partial charge in [0.05, 0.1) is 11.9 Å². The molecule has 1 heterocycles. The molecule has 3 nitrogen and oxygen atoms in total. The predicted octanol–water partition coefficient (Wildman–Crippen LogP) is 6.41. The van der Waals surface area contributed by atoms with Crippen LogP contribution in [-0.4, -0.2) is 15.0 Å². The molecule has 148 valence electrons. The SMILES string of the molecule is C#CC1=CC=CC1.C1=CCC(c2cn(-c3ccccc3)nn2)=C1.Ic1ccccc1. The minimum atomic E-state index is 0.952. The monoisotopic (exact) mass is 503 g/mol. The molecule has 1 aromatic heterocycles. The Hall–Kier alpha value is -3.17. The first-order chi connectivity index (χ1) is 14.8. The number of rotatable bonds is 2. The van der Waals surface area contributed by atoms with E-state index in [1.807, 2.05) is 66.9 Å². The smallest absolute Gasteiger partial charge is 0.109 e. The molecule has 0 amide bonds. The Labute approximate surface area is 191 Å². The van der Waals surface area contributed by atoms with E-state index in [1.54, 1.807) is 4.68 Å². The van der Waals surface area contributed by atoms with Gasteiger partial charge in [-0.1, -0.05) is 84.0 Å². The van der Waals surface area contributed by atoms with Gasteiger partial charge in [-0.05, 0) is 65.3 Å². The number of hydrogen-bond acceptors (Lipinski definition) is 2. The zero-order valence-corrected chi connectivity index (χ0v) is 18.7. The second-order valence-electron chi connectivity index (χ2n) is 6.47. The molecule has 0 N–H and O–H groups in total. The molecule has 0 unspecified atom stereocenters. The molecule has 4 heteroatoms. The molecular formula is C26H22IN3. The Morgan fingerprint density at radius 2 is 1.53 bits per heavy atom. The van der Waals surface area contributed by atoms with Gasteiger partial charge >= 0.3 is 0 Å². The Balaban J connectivity index is 0.000000152. The van der Waals surface area contributed by atoms with Gasteiger partial charge in [0, 0.05) is 9.14 Å². The molecule has 5 rings (SSSR count). The van der Waals surface area contributed by atoms with Crippen LogP contribution in [0.2, 0.25) is 0 Å². The first-order valence-corrected chi connectivity index (χ1v) is 10.7. The first kappa shape index (κ1) is 21.5. The standard InChI is InChI=1S/C13H11N3.C7H6.C6H5I/c1-2-8-12(9-3-1)16-10-13(14-15-16)11-6-4-5-7-11;1-2-7-5-3-4-6-7;7-6-4-2-1-3-5-6/h1-6,8-10H,7H2;1,3-5H,6H2;1-5H. The van der Waals surface area contributed by atoms with Gasteiger partial charge in [-0.2, -0.15) is 0 Å². The lowest BCUT2D eigenvalue weighted by molar-refractivity contribution is 0.802. The van der Waals surface area contributed by atoms with Crippen LogP contribution >= 0.6 is 22.6 Å². The van der Waals surface area contributed by atoms with Crippen molar-refractivity contribution in [1.82, 2.24) is 15.0 Å². The van der Waals surface area contributed by atoms with E-state index in [1.165, 1.54) is 9.14 Å². The van der Waals surface area contributed by atoms with E-state index in [4.69, 9.17) is 6.42 Å². The van der Waals surface area contributed by atoms with Crippen molar-refractivity contribution >= 4 is 28.2 Å². The van der Waals surface area contributed by atoms with Crippen LogP contribution < -0.4 is 0 Å². The number of aromatic nitrogens is 3. The van der Waals surface area contributed by atoms with Crippen LogP contribution in [0, 0.1) is 15.9 Å². The fourth-order valence-electron chi connectivity index (χ4n) is 2.72. The summed E-state index contributed by atoms with van der Waals surface area (Å²) in [6, 6.07) is 20.2. The van der Waals surface area contributed by atoms with E-state index < -0.39 is 0 Å². The molecule has 2 aliphatic rings. The minimum absolute atomic E-state index is 0.952. The molecule has 3 aromatic rings. The molecule has 0 bridgehead atoms. The fourth-order valence-corrected chi connectivity index (χ4v) is 3.14. The summed E-state index contributed by atoms with van der Waals surface area (Å²) in [6.07, 6.45) is 21.2. The normalized spacial score (nSPS) is 13.3. The van der Waals surface area contributed by atoms with Crippen molar-refractivity contribution in [2.75, 3.05) is 0 Å². The molecule has 0 fully saturated rings. The largest absolute Gasteiger partial charge is 0.220 e. The zero-order chi connectivity index (χ0) is 21.0. The summed E-state index contributed by atoms with van der Waals surface area (Å²) in [7, 11) is 0. The summed E-state index contributed by atoms with van der Waals surface area (Å²) in [6.45, 7) is 0. The van der Waals surface area contributed by atoms with Gasteiger partial charge in [-0.15, -0.1) is 11.5 Å². The van der Waals surface area contributed by atoms with Crippen LogP contribution in [-0.2, 0) is 0 Å². The Morgan fingerprint density at radius 3 is 2.03 bits per heavy atom. The zero-order valence-electron chi connectivity index (χ0n) is 16.5. The second kappa shape index (κ2) is 11.7. The summed E-state index contributed by atoms with van der Waals surface area (Å²) in [5.41, 5.74) is 4.30. The highest BCUT2D eigenvalue weighted by Crippen LogP contribution is 2.21. The van der Waals surface area contributed by atoms with Crippen molar-refractivity contribution < 1.29 is 0 Å². The molecule has 0 atom stereocenters. The second-order valence-corrected chi connectivity index (χ2v) is 7.72. The lowest BCUT2D eigenvalue weighted by atomic mass is 10.2. The topological polar surface area (TPSA) is 30.7 Å². The van der Waals surface area contributed by atoms with E-state index in [9.17, 15) is 0 Å². The van der Waals surface area contributed by atoms with Crippen molar-refractivity contribution in [1.29, 1.82) is 0 Å². The number of benzene rings is 2. The number of halogens is 1. The number of para-hydroxylation sites is 1. The highest BCUT2D eigenvalue weighted by Gasteiger charge is 2.08. The third-order valence-electron chi connectivity index (χ3n) is 4.30. The maximum atomic E-state index is 5.08. The van der Waals surface area contributed by atoms with Crippen LogP contribution in [0.25, 0.3) is 11.3 Å². The van der Waals surface area contributed by atoms with Crippen molar-refractivity contribution in [2.45, 2.75) is 12.8 Å². The molecule has 0 saturated heterocycles. The maximum absolute atomic E-state index is 5.08. The van der Waals surface area contributed by atoms with Crippen LogP contribution in [0.5, 0.6) is 0 Å². The molecule has 30 heavy (non-hydrogen) atoms. The molecule has 0 radical (unpaired) electrons. The van der Waals surface area contributed by atoms with Gasteiger partial charge in [-0.3, -0.25) is 0 Å². The molecular weight excluding hydrogens is 481 g/mol. The van der Waals surface area contributed by atoms with Crippen LogP contribution in [0.3, 0.4) is 0 Å². The van der Waals surface area contributed by atoms with Gasteiger partial charge in [-0.25, -0.2) is 4.68 Å². The number of hydrogen-bond donors (Lipinski definition) is 0. The van der Waals surface area contributed by atoms with Crippen molar-refractivity contribution in [3.05, 3.63) is 118 Å². The van der Waals surface area contributed by atoms with Gasteiger partial charge in [0.25, 0.3) is 0 Å². The summed E-state index contributed by atoms with van der Waals surface area (Å²) in [5.74, 6) is 2.56. The summed E-state index contributed by atoms with van der Waals surface area (Å²) in [4.78, 5) is 0. The summed E-state index contributed by atoms with van der Waals surface area (Å²) < 4.78 is 3.09. The first-order valence-electron chi connectivity index (χ1n) is 9.63. The van der Waals surface area contributed by atoms with E-state index in [0.29, 0.717) is 0 Å². The van der Waals surface area contributed by atoms with Crippen LogP contribution in [0.4, 0.5) is 0 Å². The van der Waals surface area contributed by atoms with E-state index in [2.05, 4.69) is 75.3 Å². The number of allylic oxidation sites excluding steroid dienone is 8. The Kier molecular flexibility index (Phi) is 8.43. The van der Waals surface area contributed by atoms with Gasteiger partial charge in [0.1, 0.15) is 5.69 Å². The van der Waals surface area contributed by atoms with Gasteiger partial charge in [0.2, 0.25) is 0 Å².